The van der Waals surface area contributed by atoms with Gasteiger partial charge < -0.3 is 10.1 Å². The van der Waals surface area contributed by atoms with Crippen LogP contribution in [0.4, 0.5) is 0 Å². The molecule has 1 aliphatic heterocycles. The van der Waals surface area contributed by atoms with Crippen LogP contribution in [0.5, 0.6) is 5.75 Å². The Labute approximate surface area is 169 Å². The molecule has 0 spiro atoms. The van der Waals surface area contributed by atoms with Crippen molar-refractivity contribution in [3.63, 3.8) is 0 Å². The van der Waals surface area contributed by atoms with Crippen LogP contribution in [-0.4, -0.2) is 40.0 Å². The van der Waals surface area contributed by atoms with Crippen molar-refractivity contribution in [2.75, 3.05) is 27.2 Å². The zero-order valence-corrected chi connectivity index (χ0v) is 17.3. The fraction of sp³-hybridized carbons (Fsp3) is 0.263. The van der Waals surface area contributed by atoms with Gasteiger partial charge in [-0.3, -0.25) is 0 Å². The van der Waals surface area contributed by atoms with Crippen LogP contribution in [-0.2, 0) is 16.6 Å². The first kappa shape index (κ1) is 20.2. The molecule has 0 atom stereocenters. The third-order valence-electron chi connectivity index (χ3n) is 4.20. The Hall–Kier alpha value is -1.57. The lowest BCUT2D eigenvalue weighted by atomic mass is 10.1. The molecule has 1 N–H and O–H groups in total. The first-order valence-electron chi connectivity index (χ1n) is 8.31. The molecule has 2 aromatic carbocycles. The molecule has 8 heteroatoms. The third kappa shape index (κ3) is 4.47. The van der Waals surface area contributed by atoms with Crippen LogP contribution >= 0.6 is 23.2 Å². The average Bonchev–Trinajstić information content (AvgIpc) is 2.61. The topological polar surface area (TPSA) is 58.6 Å². The molecular weight excluding hydrogens is 407 g/mol. The summed E-state index contributed by atoms with van der Waals surface area (Å²) in [5.41, 5.74) is 2.58. The van der Waals surface area contributed by atoms with Crippen LogP contribution in [0.2, 0.25) is 10.0 Å². The molecule has 0 saturated heterocycles. The van der Waals surface area contributed by atoms with Crippen LogP contribution in [0.1, 0.15) is 11.1 Å². The van der Waals surface area contributed by atoms with Crippen LogP contribution < -0.4 is 10.1 Å². The van der Waals surface area contributed by atoms with E-state index in [-0.39, 0.29) is 0 Å². The van der Waals surface area contributed by atoms with Gasteiger partial charge in [0.25, 0.3) is 0 Å². The summed E-state index contributed by atoms with van der Waals surface area (Å²) in [6.45, 7) is 1.39. The quantitative estimate of drug-likeness (QED) is 0.762. The Balaban J connectivity index is 1.72. The highest BCUT2D eigenvalue weighted by atomic mass is 35.5. The number of hydrogen-bond acceptors (Lipinski definition) is 4. The number of fused-ring (bicyclic) bond motifs is 1. The van der Waals surface area contributed by atoms with Crippen molar-refractivity contribution in [2.24, 2.45) is 0 Å². The number of nitrogens with one attached hydrogen (secondary N) is 1. The zero-order chi connectivity index (χ0) is 19.6. The summed E-state index contributed by atoms with van der Waals surface area (Å²) >= 11 is 12.2. The summed E-state index contributed by atoms with van der Waals surface area (Å²) in [6, 6.07) is 10.4. The van der Waals surface area contributed by atoms with Crippen LogP contribution in [0.3, 0.4) is 0 Å². The lowest BCUT2D eigenvalue weighted by Gasteiger charge is -2.20. The van der Waals surface area contributed by atoms with E-state index in [9.17, 15) is 8.42 Å². The predicted octanol–water partition coefficient (Wildman–Crippen LogP) is 3.81. The number of ether oxygens (including phenoxy) is 1. The summed E-state index contributed by atoms with van der Waals surface area (Å²) in [5, 5.41) is 4.33. The molecule has 0 bridgehead atoms. The number of benzene rings is 2. The fourth-order valence-electron chi connectivity index (χ4n) is 2.82. The van der Waals surface area contributed by atoms with Crippen LogP contribution in [0, 0.1) is 0 Å². The van der Waals surface area contributed by atoms with Crippen molar-refractivity contribution in [1.82, 2.24) is 9.62 Å². The largest absolute Gasteiger partial charge is 0.487 e. The molecule has 27 heavy (non-hydrogen) atoms. The molecule has 0 radical (unpaired) electrons. The maximum Gasteiger partial charge on any atom is 0.242 e. The minimum Gasteiger partial charge on any atom is -0.487 e. The highest BCUT2D eigenvalue weighted by Gasteiger charge is 2.21. The van der Waals surface area contributed by atoms with Crippen molar-refractivity contribution in [1.29, 1.82) is 0 Å². The van der Waals surface area contributed by atoms with Gasteiger partial charge in [0, 0.05) is 37.8 Å². The van der Waals surface area contributed by atoms with E-state index >= 15 is 0 Å². The third-order valence-corrected chi connectivity index (χ3v) is 6.61. The summed E-state index contributed by atoms with van der Waals surface area (Å²) in [7, 11) is -0.437. The van der Waals surface area contributed by atoms with Gasteiger partial charge in [-0.2, -0.15) is 0 Å². The van der Waals surface area contributed by atoms with E-state index in [2.05, 4.69) is 5.32 Å². The first-order chi connectivity index (χ1) is 12.8. The monoisotopic (exact) mass is 426 g/mol. The molecule has 3 rings (SSSR count). The standard InChI is InChI=1S/C19H20Cl2N2O3S/c1-23(2)27(24,25)18-6-4-3-5-14(18)11-22-10-13-7-15-8-16(20)9-17(21)19(15)26-12-13/h3-9,22H,10-12H2,1-2H3. The fourth-order valence-corrected chi connectivity index (χ4v) is 4.50. The Morgan fingerprint density at radius 3 is 2.63 bits per heavy atom. The van der Waals surface area contributed by atoms with E-state index in [1.165, 1.54) is 18.4 Å². The van der Waals surface area contributed by atoms with Gasteiger partial charge in [0.2, 0.25) is 10.0 Å². The summed E-state index contributed by atoms with van der Waals surface area (Å²) < 4.78 is 31.9. The Morgan fingerprint density at radius 1 is 1.15 bits per heavy atom. The SMILES string of the molecule is CN(C)S(=O)(=O)c1ccccc1CNCC1=Cc2cc(Cl)cc(Cl)c2OC1. The van der Waals surface area contributed by atoms with Gasteiger partial charge in [0.15, 0.2) is 0 Å². The maximum atomic E-state index is 12.5. The maximum absolute atomic E-state index is 12.5. The van der Waals surface area contributed by atoms with Gasteiger partial charge in [0.1, 0.15) is 12.4 Å². The Morgan fingerprint density at radius 2 is 1.89 bits per heavy atom. The molecule has 1 heterocycles. The first-order valence-corrected chi connectivity index (χ1v) is 10.5. The summed E-state index contributed by atoms with van der Waals surface area (Å²) in [4.78, 5) is 0.306. The average molecular weight is 427 g/mol. The molecule has 5 nitrogen and oxygen atoms in total. The van der Waals surface area contributed by atoms with Gasteiger partial charge in [-0.25, -0.2) is 12.7 Å². The second-order valence-electron chi connectivity index (χ2n) is 6.40. The molecule has 0 unspecified atom stereocenters. The van der Waals surface area contributed by atoms with Gasteiger partial charge in [-0.05, 0) is 35.4 Å². The van der Waals surface area contributed by atoms with Crippen molar-refractivity contribution in [3.05, 3.63) is 63.1 Å². The molecule has 0 aliphatic carbocycles. The smallest absolute Gasteiger partial charge is 0.242 e. The number of nitrogens with zero attached hydrogens (tertiary/aromatic N) is 1. The van der Waals surface area contributed by atoms with Gasteiger partial charge >= 0.3 is 0 Å². The van der Waals surface area contributed by atoms with Crippen LogP contribution in [0.15, 0.2) is 46.9 Å². The van der Waals surface area contributed by atoms with E-state index in [0.29, 0.717) is 40.4 Å². The normalized spacial score (nSPS) is 13.9. The molecule has 0 aromatic heterocycles. The molecule has 0 amide bonds. The second kappa shape index (κ2) is 8.20. The molecule has 144 valence electrons. The number of sulfonamides is 1. The molecule has 0 saturated carbocycles. The number of hydrogen-bond donors (Lipinski definition) is 1. The van der Waals surface area contributed by atoms with Gasteiger partial charge in [0.05, 0.1) is 9.92 Å². The second-order valence-corrected chi connectivity index (χ2v) is 9.36. The van der Waals surface area contributed by atoms with Gasteiger partial charge in [-0.1, -0.05) is 41.4 Å². The van der Waals surface area contributed by atoms with E-state index < -0.39 is 10.0 Å². The van der Waals surface area contributed by atoms with E-state index in [1.54, 1.807) is 24.3 Å². The van der Waals surface area contributed by atoms with Crippen molar-refractivity contribution < 1.29 is 13.2 Å². The molecule has 1 aliphatic rings. The summed E-state index contributed by atoms with van der Waals surface area (Å²) in [5.74, 6) is 0.632. The minimum absolute atomic E-state index is 0.306. The van der Waals surface area contributed by atoms with E-state index in [4.69, 9.17) is 27.9 Å². The van der Waals surface area contributed by atoms with Gasteiger partial charge in [-0.15, -0.1) is 0 Å². The Bertz CT molecular complexity index is 988. The predicted molar refractivity (Wildman–Crippen MR) is 109 cm³/mol. The molecular formula is C19H20Cl2N2O3S. The zero-order valence-electron chi connectivity index (χ0n) is 15.0. The number of rotatable bonds is 6. The van der Waals surface area contributed by atoms with E-state index in [1.807, 2.05) is 18.2 Å². The minimum atomic E-state index is -3.49. The lowest BCUT2D eigenvalue weighted by Crippen LogP contribution is -2.26. The van der Waals surface area contributed by atoms with Crippen molar-refractivity contribution in [3.8, 4) is 5.75 Å². The van der Waals surface area contributed by atoms with Crippen molar-refractivity contribution in [2.45, 2.75) is 11.4 Å². The van der Waals surface area contributed by atoms with Crippen LogP contribution in [0.25, 0.3) is 6.08 Å². The van der Waals surface area contributed by atoms with E-state index in [0.717, 1.165) is 16.7 Å². The highest BCUT2D eigenvalue weighted by Crippen LogP contribution is 2.36. The lowest BCUT2D eigenvalue weighted by molar-refractivity contribution is 0.343. The molecule has 2 aromatic rings. The highest BCUT2D eigenvalue weighted by molar-refractivity contribution is 7.89. The van der Waals surface area contributed by atoms with Crippen molar-refractivity contribution >= 4 is 39.3 Å². The Kier molecular flexibility index (Phi) is 6.13. The molecule has 0 fully saturated rings. The summed E-state index contributed by atoms with van der Waals surface area (Å²) in [6.07, 6.45) is 1.99. The number of halogens is 2.